The topological polar surface area (TPSA) is 72.7 Å². The Kier molecular flexibility index (Phi) is 14.5. The number of amides is 2. The zero-order valence-corrected chi connectivity index (χ0v) is 29.8. The molecule has 2 heterocycles. The number of piperidine rings is 2. The number of halogens is 2. The molecule has 8 nitrogen and oxygen atoms in total. The molecule has 2 aliphatic heterocycles. The summed E-state index contributed by atoms with van der Waals surface area (Å²) in [5, 5.41) is 1.42. The second-order valence-corrected chi connectivity index (χ2v) is 15.1. The third-order valence-corrected chi connectivity index (χ3v) is 8.96. The quantitative estimate of drug-likeness (QED) is 0.293. The second-order valence-electron chi connectivity index (χ2n) is 14.3. The summed E-state index contributed by atoms with van der Waals surface area (Å²) in [6.45, 7) is 22.2. The van der Waals surface area contributed by atoms with E-state index in [1.165, 1.54) is 5.56 Å². The summed E-state index contributed by atoms with van der Waals surface area (Å²) in [5.41, 5.74) is 1.12. The van der Waals surface area contributed by atoms with Crippen molar-refractivity contribution in [3.63, 3.8) is 0 Å². The molecule has 0 spiro atoms. The van der Waals surface area contributed by atoms with Crippen molar-refractivity contribution in [3.05, 3.63) is 81.1 Å². The Morgan fingerprint density at radius 3 is 1.38 bits per heavy atom. The van der Waals surface area contributed by atoms with E-state index in [0.29, 0.717) is 44.4 Å². The summed E-state index contributed by atoms with van der Waals surface area (Å²) in [5.74, 6) is 0. The average molecular weight is 691 g/mol. The van der Waals surface area contributed by atoms with E-state index in [0.717, 1.165) is 36.3 Å². The van der Waals surface area contributed by atoms with E-state index in [1.54, 1.807) is 16.9 Å². The number of methoxy groups -OCH3 is 1. The van der Waals surface area contributed by atoms with Gasteiger partial charge in [-0.15, -0.1) is 0 Å². The molecule has 2 aromatic carbocycles. The van der Waals surface area contributed by atoms with Gasteiger partial charge >= 0.3 is 12.2 Å². The van der Waals surface area contributed by atoms with Crippen LogP contribution in [0.1, 0.15) is 85.8 Å². The number of hydrogen-bond acceptors (Lipinski definition) is 5. The standard InChI is InChI=1S/C18H23ClN2O2.C18H26ClNO3.CH4/c1-17(2,3)23-16(22)21-11-9-18(10-12-21,13-20-4)14-5-7-15(19)8-6-14;1-17(2,3)23-16(21)20-11-9-18(10-12-20,13-22-4)14-5-7-15(19)8-6-14;/h5-8H,9-13H2,1-3H3;5-8H,9-13H2,1-4H3;1H4. The molecule has 0 saturated carbocycles. The molecule has 47 heavy (non-hydrogen) atoms. The molecule has 0 radical (unpaired) electrons. The van der Waals surface area contributed by atoms with Crippen molar-refractivity contribution in [1.29, 1.82) is 0 Å². The minimum atomic E-state index is -0.488. The summed E-state index contributed by atoms with van der Waals surface area (Å²) in [6.07, 6.45) is 2.71. The predicted octanol–water partition coefficient (Wildman–Crippen LogP) is 9.42. The number of benzene rings is 2. The van der Waals surface area contributed by atoms with E-state index >= 15 is 0 Å². The van der Waals surface area contributed by atoms with Gasteiger partial charge in [-0.3, -0.25) is 0 Å². The zero-order valence-electron chi connectivity index (χ0n) is 28.3. The highest BCUT2D eigenvalue weighted by Crippen LogP contribution is 2.38. The van der Waals surface area contributed by atoms with Gasteiger partial charge in [0.05, 0.1) is 12.0 Å². The second kappa shape index (κ2) is 16.9. The van der Waals surface area contributed by atoms with E-state index < -0.39 is 11.2 Å². The first-order chi connectivity index (χ1) is 21.5. The molecule has 2 aromatic rings. The summed E-state index contributed by atoms with van der Waals surface area (Å²) in [7, 11) is 1.72. The largest absolute Gasteiger partial charge is 0.444 e. The van der Waals surface area contributed by atoms with Gasteiger partial charge in [-0.1, -0.05) is 54.9 Å². The average Bonchev–Trinajstić information content (AvgIpc) is 2.97. The summed E-state index contributed by atoms with van der Waals surface area (Å²) in [4.78, 5) is 31.6. The van der Waals surface area contributed by atoms with Crippen LogP contribution in [0.15, 0.2) is 48.5 Å². The molecule has 0 aliphatic carbocycles. The van der Waals surface area contributed by atoms with Crippen LogP contribution in [-0.2, 0) is 25.0 Å². The Balaban J connectivity index is 0.000000320. The Labute approximate surface area is 292 Å². The first kappa shape index (κ1) is 40.2. The summed E-state index contributed by atoms with van der Waals surface area (Å²) in [6, 6.07) is 15.7. The fraction of sp³-hybridized carbons (Fsp3) is 0.595. The maximum absolute atomic E-state index is 12.2. The Morgan fingerprint density at radius 1 is 0.723 bits per heavy atom. The SMILES string of the molecule is C.COCC1(c2ccc(Cl)cc2)CCN(C(=O)OC(C)(C)C)CC1.[C-]#[N+]CC1(c2ccc(Cl)cc2)CCN(C(=O)OC(C)(C)C)CC1. The minimum absolute atomic E-state index is 0. The Hall–Kier alpha value is -2.99. The van der Waals surface area contributed by atoms with E-state index in [9.17, 15) is 9.59 Å². The Morgan fingerprint density at radius 2 is 1.06 bits per heavy atom. The van der Waals surface area contributed by atoms with Crippen LogP contribution in [-0.4, -0.2) is 79.6 Å². The van der Waals surface area contributed by atoms with Gasteiger partial charge < -0.3 is 28.9 Å². The van der Waals surface area contributed by atoms with Gasteiger partial charge in [0, 0.05) is 48.7 Å². The monoisotopic (exact) mass is 689 g/mol. The molecule has 2 saturated heterocycles. The number of likely N-dealkylation sites (tertiary alicyclic amines) is 2. The molecule has 2 fully saturated rings. The van der Waals surface area contributed by atoms with Crippen molar-refractivity contribution in [2.45, 2.75) is 96.7 Å². The van der Waals surface area contributed by atoms with Gasteiger partial charge in [-0.25, -0.2) is 16.2 Å². The molecule has 2 amide bonds. The van der Waals surface area contributed by atoms with Gasteiger partial charge in [0.25, 0.3) is 0 Å². The first-order valence-electron chi connectivity index (χ1n) is 15.8. The van der Waals surface area contributed by atoms with Gasteiger partial charge in [-0.2, -0.15) is 0 Å². The number of carbonyl (C=O) groups is 2. The molecular formula is C37H53Cl2N3O5. The molecule has 0 N–H and O–H groups in total. The molecule has 0 atom stereocenters. The minimum Gasteiger partial charge on any atom is -0.444 e. The highest BCUT2D eigenvalue weighted by atomic mass is 35.5. The lowest BCUT2D eigenvalue weighted by Gasteiger charge is -2.42. The van der Waals surface area contributed by atoms with Gasteiger partial charge in [0.15, 0.2) is 0 Å². The predicted molar refractivity (Wildman–Crippen MR) is 190 cm³/mol. The van der Waals surface area contributed by atoms with Crippen LogP contribution in [0, 0.1) is 6.57 Å². The maximum atomic E-state index is 12.2. The fourth-order valence-corrected chi connectivity index (χ4v) is 6.23. The number of ether oxygens (including phenoxy) is 3. The Bertz CT molecular complexity index is 1330. The van der Waals surface area contributed by atoms with Crippen LogP contribution in [0.4, 0.5) is 9.59 Å². The maximum Gasteiger partial charge on any atom is 0.410 e. The van der Waals surface area contributed by atoms with Crippen molar-refractivity contribution < 1.29 is 23.8 Å². The van der Waals surface area contributed by atoms with Gasteiger partial charge in [-0.05, 0) is 103 Å². The van der Waals surface area contributed by atoms with Crippen molar-refractivity contribution in [3.8, 4) is 0 Å². The summed E-state index contributed by atoms with van der Waals surface area (Å²) < 4.78 is 16.4. The number of carbonyl (C=O) groups excluding carboxylic acids is 2. The molecule has 4 rings (SSSR count). The van der Waals surface area contributed by atoms with Gasteiger partial charge in [0.2, 0.25) is 6.54 Å². The van der Waals surface area contributed by atoms with Crippen LogP contribution < -0.4 is 0 Å². The number of hydrogen-bond donors (Lipinski definition) is 0. The van der Waals surface area contributed by atoms with E-state index in [1.807, 2.05) is 77.9 Å². The third-order valence-electron chi connectivity index (χ3n) is 8.46. The van der Waals surface area contributed by atoms with Crippen molar-refractivity contribution in [2.24, 2.45) is 0 Å². The molecule has 0 unspecified atom stereocenters. The molecule has 2 aliphatic rings. The molecule has 260 valence electrons. The first-order valence-corrected chi connectivity index (χ1v) is 16.6. The van der Waals surface area contributed by atoms with E-state index in [-0.39, 0.29) is 30.4 Å². The van der Waals surface area contributed by atoms with Gasteiger partial charge in [0.1, 0.15) is 11.2 Å². The smallest absolute Gasteiger partial charge is 0.410 e. The van der Waals surface area contributed by atoms with Crippen LogP contribution in [0.25, 0.3) is 4.85 Å². The fourth-order valence-electron chi connectivity index (χ4n) is 5.98. The number of nitrogens with zero attached hydrogens (tertiary/aromatic N) is 3. The van der Waals surface area contributed by atoms with Crippen LogP contribution >= 0.6 is 23.2 Å². The third kappa shape index (κ3) is 11.6. The van der Waals surface area contributed by atoms with Crippen LogP contribution in [0.5, 0.6) is 0 Å². The van der Waals surface area contributed by atoms with Crippen molar-refractivity contribution in [2.75, 3.05) is 46.4 Å². The number of rotatable bonds is 5. The molecule has 0 aromatic heterocycles. The highest BCUT2D eigenvalue weighted by molar-refractivity contribution is 6.30. The van der Waals surface area contributed by atoms with Crippen molar-refractivity contribution in [1.82, 2.24) is 9.80 Å². The normalized spacial score (nSPS) is 17.3. The highest BCUT2D eigenvalue weighted by Gasteiger charge is 2.41. The lowest BCUT2D eigenvalue weighted by molar-refractivity contribution is 0.00962. The molecular weight excluding hydrogens is 637 g/mol. The molecule has 0 bridgehead atoms. The summed E-state index contributed by atoms with van der Waals surface area (Å²) >= 11 is 12.0. The van der Waals surface area contributed by atoms with E-state index in [2.05, 4.69) is 17.0 Å². The lowest BCUT2D eigenvalue weighted by Crippen LogP contribution is -2.48. The van der Waals surface area contributed by atoms with Crippen LogP contribution in [0.3, 0.4) is 0 Å². The van der Waals surface area contributed by atoms with E-state index in [4.69, 9.17) is 44.0 Å². The van der Waals surface area contributed by atoms with Crippen molar-refractivity contribution >= 4 is 35.4 Å². The zero-order chi connectivity index (χ0) is 34.2. The van der Waals surface area contributed by atoms with Crippen LogP contribution in [0.2, 0.25) is 10.0 Å². The molecule has 10 heteroatoms. The lowest BCUT2D eigenvalue weighted by atomic mass is 9.73.